The molecular weight excluding hydrogens is 430 g/mol. The number of hydrogen-bond donors (Lipinski definition) is 1. The van der Waals surface area contributed by atoms with Crippen molar-refractivity contribution in [3.05, 3.63) is 95.9 Å². The van der Waals surface area contributed by atoms with E-state index in [0.29, 0.717) is 16.4 Å². The predicted octanol–water partition coefficient (Wildman–Crippen LogP) is 4.89. The maximum absolute atomic E-state index is 12.9. The summed E-state index contributed by atoms with van der Waals surface area (Å²) in [4.78, 5) is 17.1. The van der Waals surface area contributed by atoms with Crippen LogP contribution in [0.25, 0.3) is 11.3 Å². The topological polar surface area (TPSA) is 79.4 Å². The number of amides is 1. The Kier molecular flexibility index (Phi) is 5.83. The summed E-state index contributed by atoms with van der Waals surface area (Å²) < 4.78 is 26.9. The van der Waals surface area contributed by atoms with Crippen molar-refractivity contribution in [2.75, 3.05) is 16.7 Å². The van der Waals surface area contributed by atoms with Gasteiger partial charge in [0.15, 0.2) is 5.13 Å². The average Bonchev–Trinajstić information content (AvgIpc) is 3.28. The van der Waals surface area contributed by atoms with E-state index in [1.807, 2.05) is 41.8 Å². The third-order valence-electron chi connectivity index (χ3n) is 4.69. The number of anilines is 2. The molecule has 0 spiro atoms. The molecule has 8 heteroatoms. The van der Waals surface area contributed by atoms with Crippen LogP contribution in [0.5, 0.6) is 0 Å². The molecule has 0 unspecified atom stereocenters. The molecule has 0 aliphatic rings. The number of thiazole rings is 1. The molecule has 0 atom stereocenters. The Morgan fingerprint density at radius 1 is 0.903 bits per heavy atom. The van der Waals surface area contributed by atoms with Gasteiger partial charge in [-0.15, -0.1) is 11.3 Å². The summed E-state index contributed by atoms with van der Waals surface area (Å²) in [6.45, 7) is 0. The number of carbonyl (C=O) groups excluding carboxylic acids is 1. The number of benzene rings is 3. The number of nitrogens with zero attached hydrogens (tertiary/aromatic N) is 2. The van der Waals surface area contributed by atoms with Gasteiger partial charge in [-0.25, -0.2) is 13.4 Å². The highest BCUT2D eigenvalue weighted by molar-refractivity contribution is 7.92. The van der Waals surface area contributed by atoms with Crippen molar-refractivity contribution < 1.29 is 13.2 Å². The van der Waals surface area contributed by atoms with Crippen molar-refractivity contribution in [3.8, 4) is 11.3 Å². The molecule has 0 aliphatic heterocycles. The molecule has 3 aromatic carbocycles. The first kappa shape index (κ1) is 20.8. The molecule has 31 heavy (non-hydrogen) atoms. The lowest BCUT2D eigenvalue weighted by Gasteiger charge is -2.19. The number of carbonyl (C=O) groups is 1. The fraction of sp³-hybridized carbons (Fsp3) is 0.0435. The summed E-state index contributed by atoms with van der Waals surface area (Å²) in [6.07, 6.45) is 0. The second-order valence-electron chi connectivity index (χ2n) is 6.69. The lowest BCUT2D eigenvalue weighted by Crippen LogP contribution is -2.26. The van der Waals surface area contributed by atoms with Crippen LogP contribution < -0.4 is 9.62 Å². The number of rotatable bonds is 6. The van der Waals surface area contributed by atoms with Gasteiger partial charge in [0.05, 0.1) is 16.3 Å². The van der Waals surface area contributed by atoms with Gasteiger partial charge in [0, 0.05) is 23.6 Å². The highest BCUT2D eigenvalue weighted by Crippen LogP contribution is 2.25. The van der Waals surface area contributed by atoms with Gasteiger partial charge in [0.1, 0.15) is 0 Å². The van der Waals surface area contributed by atoms with Gasteiger partial charge in [-0.3, -0.25) is 14.4 Å². The molecule has 1 amide bonds. The molecule has 6 nitrogen and oxygen atoms in total. The number of hydrogen-bond acceptors (Lipinski definition) is 5. The number of nitrogens with one attached hydrogen (secondary N) is 1. The van der Waals surface area contributed by atoms with E-state index in [0.717, 1.165) is 11.3 Å². The van der Waals surface area contributed by atoms with Gasteiger partial charge in [0.25, 0.3) is 15.9 Å². The first-order chi connectivity index (χ1) is 14.9. The van der Waals surface area contributed by atoms with E-state index in [1.54, 1.807) is 24.3 Å². The van der Waals surface area contributed by atoms with Crippen molar-refractivity contribution in [2.24, 2.45) is 0 Å². The normalized spacial score (nSPS) is 11.1. The van der Waals surface area contributed by atoms with Gasteiger partial charge in [-0.1, -0.05) is 48.5 Å². The summed E-state index contributed by atoms with van der Waals surface area (Å²) in [5.74, 6) is -0.352. The lowest BCUT2D eigenvalue weighted by atomic mass is 10.2. The summed E-state index contributed by atoms with van der Waals surface area (Å²) in [5, 5.41) is 5.12. The molecule has 1 N–H and O–H groups in total. The van der Waals surface area contributed by atoms with Crippen LogP contribution in [0.2, 0.25) is 0 Å². The SMILES string of the molecule is CN(c1ccccc1)S(=O)(=O)c1ccc(C(=O)Nc2nc(-c3ccccc3)cs2)cc1. The Labute approximate surface area is 184 Å². The van der Waals surface area contributed by atoms with Crippen LogP contribution in [0.15, 0.2) is 95.2 Å². The summed E-state index contributed by atoms with van der Waals surface area (Å²) in [7, 11) is -2.23. The molecule has 0 radical (unpaired) electrons. The molecule has 0 aliphatic carbocycles. The van der Waals surface area contributed by atoms with E-state index in [4.69, 9.17) is 0 Å². The van der Waals surface area contributed by atoms with Gasteiger partial charge in [0.2, 0.25) is 0 Å². The molecule has 0 saturated heterocycles. The van der Waals surface area contributed by atoms with Crippen LogP contribution in [0.1, 0.15) is 10.4 Å². The van der Waals surface area contributed by atoms with Crippen LogP contribution in [0.3, 0.4) is 0 Å². The molecule has 1 heterocycles. The Hall–Kier alpha value is -3.49. The van der Waals surface area contributed by atoms with E-state index in [1.165, 1.54) is 47.0 Å². The number of para-hydroxylation sites is 1. The van der Waals surface area contributed by atoms with Crippen molar-refractivity contribution in [2.45, 2.75) is 4.90 Å². The van der Waals surface area contributed by atoms with Crippen LogP contribution in [0, 0.1) is 0 Å². The molecular formula is C23H19N3O3S2. The zero-order chi connectivity index (χ0) is 21.8. The van der Waals surface area contributed by atoms with E-state index in [9.17, 15) is 13.2 Å². The Morgan fingerprint density at radius 2 is 1.52 bits per heavy atom. The highest BCUT2D eigenvalue weighted by Gasteiger charge is 2.21. The van der Waals surface area contributed by atoms with E-state index in [-0.39, 0.29) is 10.8 Å². The van der Waals surface area contributed by atoms with Crippen molar-refractivity contribution in [1.29, 1.82) is 0 Å². The van der Waals surface area contributed by atoms with Gasteiger partial charge < -0.3 is 0 Å². The fourth-order valence-electron chi connectivity index (χ4n) is 2.96. The third kappa shape index (κ3) is 4.50. The zero-order valence-corrected chi connectivity index (χ0v) is 18.2. The van der Waals surface area contributed by atoms with Crippen LogP contribution in [-0.2, 0) is 10.0 Å². The summed E-state index contributed by atoms with van der Waals surface area (Å²) in [5.41, 5.74) is 2.66. The van der Waals surface area contributed by atoms with Gasteiger partial charge in [-0.2, -0.15) is 0 Å². The first-order valence-electron chi connectivity index (χ1n) is 9.41. The van der Waals surface area contributed by atoms with Gasteiger partial charge >= 0.3 is 0 Å². The smallest absolute Gasteiger partial charge is 0.264 e. The Bertz CT molecular complexity index is 1290. The molecule has 4 rings (SSSR count). The van der Waals surface area contributed by atoms with Crippen LogP contribution in [0.4, 0.5) is 10.8 Å². The van der Waals surface area contributed by atoms with Crippen LogP contribution in [-0.4, -0.2) is 26.4 Å². The standard InChI is InChI=1S/C23H19N3O3S2/c1-26(19-10-6-3-7-11-19)31(28,29)20-14-12-18(13-15-20)22(27)25-23-24-21(16-30-23)17-8-4-2-5-9-17/h2-16H,1H3,(H,24,25,27). The van der Waals surface area contributed by atoms with Crippen molar-refractivity contribution in [3.63, 3.8) is 0 Å². The molecule has 0 fully saturated rings. The molecule has 4 aromatic rings. The molecule has 0 bridgehead atoms. The minimum absolute atomic E-state index is 0.107. The maximum Gasteiger partial charge on any atom is 0.264 e. The minimum atomic E-state index is -3.73. The van der Waals surface area contributed by atoms with Crippen molar-refractivity contribution >= 4 is 38.1 Å². The number of aromatic nitrogens is 1. The van der Waals surface area contributed by atoms with E-state index < -0.39 is 10.0 Å². The zero-order valence-electron chi connectivity index (χ0n) is 16.6. The average molecular weight is 450 g/mol. The van der Waals surface area contributed by atoms with Gasteiger partial charge in [-0.05, 0) is 36.4 Å². The van der Waals surface area contributed by atoms with E-state index in [2.05, 4.69) is 10.3 Å². The second-order valence-corrected chi connectivity index (χ2v) is 9.52. The second kappa shape index (κ2) is 8.71. The first-order valence-corrected chi connectivity index (χ1v) is 11.7. The Balaban J connectivity index is 1.48. The summed E-state index contributed by atoms with van der Waals surface area (Å²) in [6, 6.07) is 24.3. The molecule has 1 aromatic heterocycles. The quantitative estimate of drug-likeness (QED) is 0.455. The summed E-state index contributed by atoms with van der Waals surface area (Å²) >= 11 is 1.33. The number of sulfonamides is 1. The minimum Gasteiger partial charge on any atom is -0.298 e. The highest BCUT2D eigenvalue weighted by atomic mass is 32.2. The third-order valence-corrected chi connectivity index (χ3v) is 7.25. The fourth-order valence-corrected chi connectivity index (χ4v) is 4.87. The monoisotopic (exact) mass is 449 g/mol. The maximum atomic E-state index is 12.9. The molecule has 0 saturated carbocycles. The predicted molar refractivity (Wildman–Crippen MR) is 124 cm³/mol. The van der Waals surface area contributed by atoms with Crippen molar-refractivity contribution in [1.82, 2.24) is 4.98 Å². The Morgan fingerprint density at radius 3 is 2.16 bits per heavy atom. The van der Waals surface area contributed by atoms with E-state index >= 15 is 0 Å². The molecule has 156 valence electrons. The van der Waals surface area contributed by atoms with Crippen LogP contribution >= 0.6 is 11.3 Å². The lowest BCUT2D eigenvalue weighted by molar-refractivity contribution is 0.102. The largest absolute Gasteiger partial charge is 0.298 e.